The Balaban J connectivity index is 1.54. The van der Waals surface area contributed by atoms with Crippen molar-refractivity contribution in [2.24, 2.45) is 0 Å². The first kappa shape index (κ1) is 18.0. The maximum atomic E-state index is 11.9. The molecule has 1 aliphatic rings. The lowest BCUT2D eigenvalue weighted by atomic mass is 10.1. The fraction of sp³-hybridized carbons (Fsp3) is 0.632. The third-order valence-electron chi connectivity index (χ3n) is 4.64. The van der Waals surface area contributed by atoms with E-state index in [1.807, 2.05) is 0 Å². The quantitative estimate of drug-likeness (QED) is 0.744. The van der Waals surface area contributed by atoms with Gasteiger partial charge in [-0.1, -0.05) is 31.2 Å². The van der Waals surface area contributed by atoms with Gasteiger partial charge in [-0.25, -0.2) is 0 Å². The van der Waals surface area contributed by atoms with Crippen LogP contribution in [0.4, 0.5) is 0 Å². The van der Waals surface area contributed by atoms with Gasteiger partial charge in [-0.3, -0.25) is 4.79 Å². The van der Waals surface area contributed by atoms with Crippen LogP contribution in [0.3, 0.4) is 0 Å². The molecule has 1 fully saturated rings. The van der Waals surface area contributed by atoms with E-state index in [1.54, 1.807) is 0 Å². The number of carbonyl (C=O) groups excluding carboxylic acids is 1. The zero-order valence-electron chi connectivity index (χ0n) is 14.7. The number of likely N-dealkylation sites (N-methyl/N-ethyl adjacent to an activating group) is 1. The molecule has 23 heavy (non-hydrogen) atoms. The van der Waals surface area contributed by atoms with Crippen molar-refractivity contribution in [3.63, 3.8) is 0 Å². The number of hydrogen-bond acceptors (Lipinski definition) is 3. The topological polar surface area (TPSA) is 35.6 Å². The molecule has 1 heterocycles. The molecule has 1 amide bonds. The van der Waals surface area contributed by atoms with Crippen molar-refractivity contribution in [2.45, 2.75) is 32.6 Å². The Hall–Kier alpha value is -1.39. The van der Waals surface area contributed by atoms with Gasteiger partial charge in [0.1, 0.15) is 0 Å². The maximum Gasteiger partial charge on any atom is 0.220 e. The number of rotatable bonds is 8. The van der Waals surface area contributed by atoms with Crippen LogP contribution in [0, 0.1) is 0 Å². The third kappa shape index (κ3) is 6.71. The van der Waals surface area contributed by atoms with E-state index in [-0.39, 0.29) is 5.91 Å². The Kier molecular flexibility index (Phi) is 7.56. The van der Waals surface area contributed by atoms with Crippen molar-refractivity contribution < 1.29 is 4.79 Å². The maximum absolute atomic E-state index is 11.9. The molecule has 0 spiro atoms. The number of nitrogens with zero attached hydrogens (tertiary/aromatic N) is 2. The number of nitrogens with one attached hydrogen (secondary N) is 1. The Morgan fingerprint density at radius 3 is 2.39 bits per heavy atom. The van der Waals surface area contributed by atoms with Gasteiger partial charge >= 0.3 is 0 Å². The lowest BCUT2D eigenvalue weighted by Gasteiger charge is -2.32. The highest BCUT2D eigenvalue weighted by Gasteiger charge is 2.12. The lowest BCUT2D eigenvalue weighted by molar-refractivity contribution is -0.121. The highest BCUT2D eigenvalue weighted by molar-refractivity contribution is 5.76. The summed E-state index contributed by atoms with van der Waals surface area (Å²) in [5, 5.41) is 3.05. The van der Waals surface area contributed by atoms with Crippen molar-refractivity contribution in [2.75, 3.05) is 46.3 Å². The minimum Gasteiger partial charge on any atom is -0.356 e. The second kappa shape index (κ2) is 9.68. The molecule has 128 valence electrons. The van der Waals surface area contributed by atoms with Gasteiger partial charge in [0, 0.05) is 39.1 Å². The number of benzene rings is 1. The third-order valence-corrected chi connectivity index (χ3v) is 4.64. The molecule has 4 nitrogen and oxygen atoms in total. The van der Waals surface area contributed by atoms with Crippen LogP contribution in [-0.2, 0) is 17.6 Å². The molecular formula is C19H31N3O. The molecule has 0 saturated carbocycles. The van der Waals surface area contributed by atoms with Crippen LogP contribution in [0.5, 0.6) is 0 Å². The zero-order chi connectivity index (χ0) is 16.5. The number of amides is 1. The molecule has 0 aliphatic carbocycles. The number of carbonyl (C=O) groups is 1. The molecule has 1 aromatic carbocycles. The number of piperazine rings is 1. The summed E-state index contributed by atoms with van der Waals surface area (Å²) in [6.07, 6.45) is 3.52. The normalized spacial score (nSPS) is 16.4. The molecule has 0 atom stereocenters. The summed E-state index contributed by atoms with van der Waals surface area (Å²) in [7, 11) is 2.17. The number of hydrogen-bond donors (Lipinski definition) is 1. The molecule has 1 saturated heterocycles. The Labute approximate surface area is 140 Å². The van der Waals surface area contributed by atoms with E-state index in [4.69, 9.17) is 0 Å². The van der Waals surface area contributed by atoms with Gasteiger partial charge in [0.05, 0.1) is 0 Å². The van der Waals surface area contributed by atoms with Crippen LogP contribution in [0.25, 0.3) is 0 Å². The molecule has 0 bridgehead atoms. The van der Waals surface area contributed by atoms with Gasteiger partial charge in [-0.2, -0.15) is 0 Å². The van der Waals surface area contributed by atoms with Crippen LogP contribution in [0.15, 0.2) is 24.3 Å². The van der Waals surface area contributed by atoms with E-state index in [0.717, 1.165) is 58.5 Å². The van der Waals surface area contributed by atoms with Gasteiger partial charge in [0.25, 0.3) is 0 Å². The number of aryl methyl sites for hydroxylation is 2. The molecule has 2 rings (SSSR count). The van der Waals surface area contributed by atoms with Gasteiger partial charge in [0.2, 0.25) is 5.91 Å². The Bertz CT molecular complexity index is 464. The molecule has 0 unspecified atom stereocenters. The minimum absolute atomic E-state index is 0.169. The second-order valence-corrected chi connectivity index (χ2v) is 6.52. The first-order valence-corrected chi connectivity index (χ1v) is 8.93. The smallest absolute Gasteiger partial charge is 0.220 e. The standard InChI is InChI=1S/C19H31N3O/c1-3-17-5-7-18(8-6-17)9-10-19(23)20-11-4-12-22-15-13-21(2)14-16-22/h5-8H,3-4,9-16H2,1-2H3,(H,20,23). The average Bonchev–Trinajstić information content (AvgIpc) is 2.59. The Morgan fingerprint density at radius 1 is 1.09 bits per heavy atom. The predicted molar refractivity (Wildman–Crippen MR) is 95.7 cm³/mol. The fourth-order valence-corrected chi connectivity index (χ4v) is 2.89. The first-order valence-electron chi connectivity index (χ1n) is 8.93. The van der Waals surface area contributed by atoms with Gasteiger partial charge in [-0.15, -0.1) is 0 Å². The first-order chi connectivity index (χ1) is 11.2. The van der Waals surface area contributed by atoms with Gasteiger partial charge in [-0.05, 0) is 44.0 Å². The molecule has 1 N–H and O–H groups in total. The summed E-state index contributed by atoms with van der Waals surface area (Å²) < 4.78 is 0. The molecule has 1 aromatic rings. The van der Waals surface area contributed by atoms with Gasteiger partial charge < -0.3 is 15.1 Å². The van der Waals surface area contributed by atoms with E-state index in [0.29, 0.717) is 6.42 Å². The lowest BCUT2D eigenvalue weighted by Crippen LogP contribution is -2.45. The monoisotopic (exact) mass is 317 g/mol. The van der Waals surface area contributed by atoms with Gasteiger partial charge in [0.15, 0.2) is 0 Å². The van der Waals surface area contributed by atoms with Crippen LogP contribution < -0.4 is 5.32 Å². The van der Waals surface area contributed by atoms with Crippen LogP contribution in [-0.4, -0.2) is 62.0 Å². The predicted octanol–water partition coefficient (Wildman–Crippen LogP) is 1.94. The molecule has 0 radical (unpaired) electrons. The molecule has 4 heteroatoms. The summed E-state index contributed by atoms with van der Waals surface area (Å²) in [5.74, 6) is 0.169. The zero-order valence-corrected chi connectivity index (χ0v) is 14.7. The van der Waals surface area contributed by atoms with Crippen molar-refractivity contribution >= 4 is 5.91 Å². The molecule has 1 aliphatic heterocycles. The van der Waals surface area contributed by atoms with E-state index in [1.165, 1.54) is 11.1 Å². The van der Waals surface area contributed by atoms with Crippen LogP contribution in [0.1, 0.15) is 30.9 Å². The van der Waals surface area contributed by atoms with E-state index in [9.17, 15) is 4.79 Å². The van der Waals surface area contributed by atoms with E-state index >= 15 is 0 Å². The SMILES string of the molecule is CCc1ccc(CCC(=O)NCCCN2CCN(C)CC2)cc1. The van der Waals surface area contributed by atoms with Crippen molar-refractivity contribution in [1.29, 1.82) is 0 Å². The fourth-order valence-electron chi connectivity index (χ4n) is 2.89. The largest absolute Gasteiger partial charge is 0.356 e. The van der Waals surface area contributed by atoms with Crippen molar-refractivity contribution in [3.8, 4) is 0 Å². The second-order valence-electron chi connectivity index (χ2n) is 6.52. The molecule has 0 aromatic heterocycles. The van der Waals surface area contributed by atoms with Crippen molar-refractivity contribution in [3.05, 3.63) is 35.4 Å². The summed E-state index contributed by atoms with van der Waals surface area (Å²) in [6, 6.07) is 8.59. The van der Waals surface area contributed by atoms with Crippen LogP contribution >= 0.6 is 0 Å². The highest BCUT2D eigenvalue weighted by atomic mass is 16.1. The molecular weight excluding hydrogens is 286 g/mol. The minimum atomic E-state index is 0.169. The summed E-state index contributed by atoms with van der Waals surface area (Å²) in [4.78, 5) is 16.8. The Morgan fingerprint density at radius 2 is 1.74 bits per heavy atom. The summed E-state index contributed by atoms with van der Waals surface area (Å²) in [5.41, 5.74) is 2.59. The van der Waals surface area contributed by atoms with Crippen molar-refractivity contribution in [1.82, 2.24) is 15.1 Å². The van der Waals surface area contributed by atoms with E-state index in [2.05, 4.69) is 53.4 Å². The highest BCUT2D eigenvalue weighted by Crippen LogP contribution is 2.07. The van der Waals surface area contributed by atoms with Crippen LogP contribution in [0.2, 0.25) is 0 Å². The average molecular weight is 317 g/mol. The van der Waals surface area contributed by atoms with E-state index < -0.39 is 0 Å². The summed E-state index contributed by atoms with van der Waals surface area (Å²) in [6.45, 7) is 8.65. The summed E-state index contributed by atoms with van der Waals surface area (Å²) >= 11 is 0.